The summed E-state index contributed by atoms with van der Waals surface area (Å²) in [6.45, 7) is 0.0771. The minimum atomic E-state index is -1.02. The quantitative estimate of drug-likeness (QED) is 0.590. The fraction of sp³-hybridized carbons (Fsp3) is 0.333. The average molecular weight is 312 g/mol. The molecule has 1 aromatic carbocycles. The maximum absolute atomic E-state index is 13.7. The fourth-order valence-corrected chi connectivity index (χ4v) is 1.92. The van der Waals surface area contributed by atoms with Gasteiger partial charge in [-0.2, -0.15) is 4.39 Å². The number of primary amides is 1. The van der Waals surface area contributed by atoms with Crippen molar-refractivity contribution in [1.82, 2.24) is 0 Å². The van der Waals surface area contributed by atoms with Crippen molar-refractivity contribution in [2.75, 3.05) is 19.0 Å². The Morgan fingerprint density at radius 3 is 2.95 bits per heavy atom. The molecular formula is C12H13FN4O5. The second kappa shape index (κ2) is 6.24. The molecule has 10 heteroatoms. The highest BCUT2D eigenvalue weighted by Gasteiger charge is 2.27. The van der Waals surface area contributed by atoms with Gasteiger partial charge in [-0.05, 0) is 0 Å². The Morgan fingerprint density at radius 1 is 1.68 bits per heavy atom. The first-order valence-electron chi connectivity index (χ1n) is 6.20. The number of hydrogen-bond donors (Lipinski definition) is 2. The summed E-state index contributed by atoms with van der Waals surface area (Å²) in [5.74, 6) is -1.58. The molecule has 118 valence electrons. The van der Waals surface area contributed by atoms with Gasteiger partial charge in [0.05, 0.1) is 18.6 Å². The lowest BCUT2D eigenvalue weighted by molar-refractivity contribution is -0.386. The van der Waals surface area contributed by atoms with Gasteiger partial charge in [-0.25, -0.2) is 0 Å². The van der Waals surface area contributed by atoms with Gasteiger partial charge in [-0.1, -0.05) is 5.16 Å². The first kappa shape index (κ1) is 15.5. The molecule has 2 rings (SSSR count). The van der Waals surface area contributed by atoms with Crippen LogP contribution in [0.4, 0.5) is 15.8 Å². The van der Waals surface area contributed by atoms with Crippen molar-refractivity contribution < 1.29 is 23.7 Å². The van der Waals surface area contributed by atoms with E-state index >= 15 is 0 Å². The monoisotopic (exact) mass is 312 g/mol. The van der Waals surface area contributed by atoms with Gasteiger partial charge in [0, 0.05) is 18.6 Å². The second-order valence-electron chi connectivity index (χ2n) is 4.48. The number of oxime groups is 1. The van der Waals surface area contributed by atoms with Gasteiger partial charge in [0.2, 0.25) is 5.82 Å². The van der Waals surface area contributed by atoms with Crippen molar-refractivity contribution >= 4 is 23.0 Å². The molecule has 1 aliphatic rings. The Morgan fingerprint density at radius 2 is 2.41 bits per heavy atom. The maximum Gasteiger partial charge on any atom is 0.327 e. The van der Waals surface area contributed by atoms with E-state index in [0.29, 0.717) is 0 Å². The molecule has 0 aliphatic carbocycles. The third kappa shape index (κ3) is 3.22. The molecule has 22 heavy (non-hydrogen) atoms. The highest BCUT2D eigenvalue weighted by Crippen LogP contribution is 2.32. The van der Waals surface area contributed by atoms with Crippen molar-refractivity contribution in [2.24, 2.45) is 10.9 Å². The number of carbonyl (C=O) groups excluding carboxylic acids is 1. The van der Waals surface area contributed by atoms with Crippen molar-refractivity contribution in [2.45, 2.75) is 12.5 Å². The van der Waals surface area contributed by atoms with E-state index in [1.165, 1.54) is 13.2 Å². The number of rotatable bonds is 6. The Labute approximate surface area is 124 Å². The van der Waals surface area contributed by atoms with E-state index in [-0.39, 0.29) is 30.1 Å². The molecule has 1 atom stereocenters. The normalized spacial score (nSPS) is 16.6. The summed E-state index contributed by atoms with van der Waals surface area (Å²) in [6, 6.07) is 2.22. The molecule has 0 unspecified atom stereocenters. The van der Waals surface area contributed by atoms with Gasteiger partial charge >= 0.3 is 5.69 Å². The molecule has 9 nitrogen and oxygen atoms in total. The van der Waals surface area contributed by atoms with E-state index in [9.17, 15) is 19.3 Å². The zero-order valence-electron chi connectivity index (χ0n) is 11.5. The number of halogens is 1. The molecule has 3 N–H and O–H groups in total. The Hall–Kier alpha value is -2.91. The highest BCUT2D eigenvalue weighted by atomic mass is 19.1. The molecule has 0 radical (unpaired) electrons. The van der Waals surface area contributed by atoms with E-state index in [1.54, 1.807) is 0 Å². The average Bonchev–Trinajstić information content (AvgIpc) is 2.93. The molecule has 1 heterocycles. The summed E-state index contributed by atoms with van der Waals surface area (Å²) >= 11 is 0. The number of nitro benzene ring substituents is 1. The van der Waals surface area contributed by atoms with Crippen LogP contribution in [0.25, 0.3) is 0 Å². The van der Waals surface area contributed by atoms with Crippen molar-refractivity contribution in [3.8, 4) is 5.75 Å². The van der Waals surface area contributed by atoms with Crippen LogP contribution >= 0.6 is 0 Å². The first-order valence-corrected chi connectivity index (χ1v) is 6.20. The minimum Gasteiger partial charge on any atom is -0.497 e. The molecule has 0 fully saturated rings. The smallest absolute Gasteiger partial charge is 0.327 e. The predicted octanol–water partition coefficient (Wildman–Crippen LogP) is 0.785. The van der Waals surface area contributed by atoms with Crippen LogP contribution in [0.5, 0.6) is 5.75 Å². The number of nitrogens with two attached hydrogens (primary N) is 1. The highest BCUT2D eigenvalue weighted by molar-refractivity contribution is 6.38. The van der Waals surface area contributed by atoms with Crippen LogP contribution in [-0.2, 0) is 9.63 Å². The van der Waals surface area contributed by atoms with Gasteiger partial charge in [-0.15, -0.1) is 0 Å². The second-order valence-corrected chi connectivity index (χ2v) is 4.48. The largest absolute Gasteiger partial charge is 0.497 e. The molecule has 0 saturated carbocycles. The minimum absolute atomic E-state index is 0.0574. The van der Waals surface area contributed by atoms with Crippen molar-refractivity contribution in [3.63, 3.8) is 0 Å². The molecule has 0 bridgehead atoms. The molecule has 1 aromatic rings. The number of nitrogens with zero attached hydrogens (tertiary/aromatic N) is 2. The molecule has 1 aliphatic heterocycles. The van der Waals surface area contributed by atoms with Crippen LogP contribution in [0.3, 0.4) is 0 Å². The van der Waals surface area contributed by atoms with E-state index in [4.69, 9.17) is 15.3 Å². The molecular weight excluding hydrogens is 299 g/mol. The number of benzene rings is 1. The topological polar surface area (TPSA) is 129 Å². The molecule has 0 saturated heterocycles. The Bertz CT molecular complexity index is 649. The third-order valence-corrected chi connectivity index (χ3v) is 2.99. The lowest BCUT2D eigenvalue weighted by atomic mass is 10.1. The van der Waals surface area contributed by atoms with Gasteiger partial charge in [0.15, 0.2) is 6.10 Å². The van der Waals surface area contributed by atoms with Crippen LogP contribution in [-0.4, -0.2) is 36.3 Å². The summed E-state index contributed by atoms with van der Waals surface area (Å²) in [4.78, 5) is 26.0. The zero-order valence-corrected chi connectivity index (χ0v) is 11.5. The summed E-state index contributed by atoms with van der Waals surface area (Å²) in [5, 5.41) is 17.2. The Balaban J connectivity index is 2.11. The number of anilines is 1. The van der Waals surface area contributed by atoms with Gasteiger partial charge in [-0.3, -0.25) is 14.9 Å². The van der Waals surface area contributed by atoms with Crippen LogP contribution < -0.4 is 15.8 Å². The van der Waals surface area contributed by atoms with Crippen molar-refractivity contribution in [1.29, 1.82) is 0 Å². The predicted molar refractivity (Wildman–Crippen MR) is 74.2 cm³/mol. The number of ether oxygens (including phenoxy) is 1. The van der Waals surface area contributed by atoms with E-state index in [0.717, 1.165) is 6.07 Å². The fourth-order valence-electron chi connectivity index (χ4n) is 1.92. The molecule has 1 amide bonds. The van der Waals surface area contributed by atoms with Crippen molar-refractivity contribution in [3.05, 3.63) is 28.1 Å². The van der Waals surface area contributed by atoms with Gasteiger partial charge in [0.25, 0.3) is 5.91 Å². The van der Waals surface area contributed by atoms with E-state index < -0.39 is 28.4 Å². The number of nitrogens with one attached hydrogen (secondary N) is 1. The number of amides is 1. The van der Waals surface area contributed by atoms with Crippen LogP contribution in [0.15, 0.2) is 17.3 Å². The SMILES string of the molecule is COc1cc(F)c([N+](=O)[O-])c(NC[C@H]2CC(C(N)=O)=NO2)c1. The molecule has 0 spiro atoms. The molecule has 0 aromatic heterocycles. The summed E-state index contributed by atoms with van der Waals surface area (Å²) in [5.41, 5.74) is 4.39. The van der Waals surface area contributed by atoms with Crippen LogP contribution in [0, 0.1) is 15.9 Å². The summed E-state index contributed by atoms with van der Waals surface area (Å²) < 4.78 is 18.6. The zero-order chi connectivity index (χ0) is 16.3. The van der Waals surface area contributed by atoms with Crippen LogP contribution in [0.1, 0.15) is 6.42 Å². The van der Waals surface area contributed by atoms with E-state index in [1.807, 2.05) is 0 Å². The summed E-state index contributed by atoms with van der Waals surface area (Å²) in [6.07, 6.45) is -0.362. The standard InChI is InChI=1S/C12H13FN4O5/c1-21-6-2-8(13)11(17(19)20)9(3-6)15-5-7-4-10(12(14)18)16-22-7/h2-3,7,15H,4-5H2,1H3,(H2,14,18)/t7-/m1/s1. The van der Waals surface area contributed by atoms with Gasteiger partial charge < -0.3 is 20.6 Å². The number of carbonyl (C=O) groups is 1. The third-order valence-electron chi connectivity index (χ3n) is 2.99. The Kier molecular flexibility index (Phi) is 4.39. The van der Waals surface area contributed by atoms with Gasteiger partial charge in [0.1, 0.15) is 17.1 Å². The number of methoxy groups -OCH3 is 1. The van der Waals surface area contributed by atoms with Crippen LogP contribution in [0.2, 0.25) is 0 Å². The maximum atomic E-state index is 13.7. The number of hydrogen-bond acceptors (Lipinski definition) is 7. The lowest BCUT2D eigenvalue weighted by Crippen LogP contribution is -2.26. The first-order chi connectivity index (χ1) is 10.4. The lowest BCUT2D eigenvalue weighted by Gasteiger charge is -2.12. The summed E-state index contributed by atoms with van der Waals surface area (Å²) in [7, 11) is 1.32. The number of nitro groups is 1. The van der Waals surface area contributed by atoms with E-state index in [2.05, 4.69) is 10.5 Å².